The first kappa shape index (κ1) is 23.4. The first-order valence-corrected chi connectivity index (χ1v) is 12.6. The second-order valence-electron chi connectivity index (χ2n) is 9.74. The number of nitrogens with zero attached hydrogens (tertiary/aromatic N) is 7. The lowest BCUT2D eigenvalue weighted by molar-refractivity contribution is 0.149. The van der Waals surface area contributed by atoms with Crippen LogP contribution < -0.4 is 21.8 Å². The fraction of sp³-hybridized carbons (Fsp3) is 0.400. The number of aromatic nitrogens is 6. The molecule has 6 rings (SSSR count). The highest BCUT2D eigenvalue weighted by atomic mass is 16.3. The summed E-state index contributed by atoms with van der Waals surface area (Å²) in [6.45, 7) is 4.90. The van der Waals surface area contributed by atoms with Crippen LogP contribution in [0, 0.1) is 0 Å². The Morgan fingerprint density at radius 3 is 2.65 bits per heavy atom. The number of likely N-dealkylation sites (N-methyl/N-ethyl adjacent to an activating group) is 1. The number of hydrogen-bond acceptors (Lipinski definition) is 9. The summed E-state index contributed by atoms with van der Waals surface area (Å²) < 4.78 is 1.61. The van der Waals surface area contributed by atoms with Gasteiger partial charge in [-0.05, 0) is 31.5 Å². The van der Waals surface area contributed by atoms with Gasteiger partial charge in [0, 0.05) is 37.9 Å². The molecular formula is C25H30N10O2. The highest BCUT2D eigenvalue weighted by molar-refractivity contribution is 5.57. The summed E-state index contributed by atoms with van der Waals surface area (Å²) in [4.78, 5) is 35.6. The number of aromatic amines is 2. The first-order chi connectivity index (χ1) is 18.0. The molecule has 12 nitrogen and oxygen atoms in total. The molecule has 2 aliphatic rings. The minimum atomic E-state index is -0.490. The van der Waals surface area contributed by atoms with Crippen LogP contribution in [-0.2, 0) is 0 Å². The van der Waals surface area contributed by atoms with E-state index in [2.05, 4.69) is 49.4 Å². The predicted octanol–water partition coefficient (Wildman–Crippen LogP) is -0.142. The van der Waals surface area contributed by atoms with Crippen molar-refractivity contribution in [1.82, 2.24) is 39.3 Å². The topological polar surface area (TPSA) is 143 Å². The largest absolute Gasteiger partial charge is 0.493 e. The molecule has 1 saturated heterocycles. The minimum absolute atomic E-state index is 0.0266. The summed E-state index contributed by atoms with van der Waals surface area (Å²) in [6.07, 6.45) is 5.32. The molecule has 1 aromatic carbocycles. The number of piperazine rings is 1. The third-order valence-corrected chi connectivity index (χ3v) is 6.80. The van der Waals surface area contributed by atoms with E-state index >= 15 is 0 Å². The van der Waals surface area contributed by atoms with E-state index in [-0.39, 0.29) is 23.7 Å². The average Bonchev–Trinajstić information content (AvgIpc) is 3.53. The van der Waals surface area contributed by atoms with Crippen LogP contribution in [0.15, 0.2) is 46.3 Å². The fourth-order valence-electron chi connectivity index (χ4n) is 4.51. The van der Waals surface area contributed by atoms with Crippen LogP contribution in [0.5, 0.6) is 5.88 Å². The Morgan fingerprint density at radius 1 is 1.16 bits per heavy atom. The van der Waals surface area contributed by atoms with Gasteiger partial charge >= 0.3 is 5.69 Å². The van der Waals surface area contributed by atoms with E-state index < -0.39 is 5.69 Å². The molecule has 0 bridgehead atoms. The third kappa shape index (κ3) is 5.25. The Balaban J connectivity index is 1.40. The van der Waals surface area contributed by atoms with Crippen LogP contribution in [-0.4, -0.2) is 90.3 Å². The second-order valence-corrected chi connectivity index (χ2v) is 9.74. The molecule has 3 aromatic heterocycles. The van der Waals surface area contributed by atoms with E-state index in [1.54, 1.807) is 16.8 Å². The number of H-pyrrole nitrogens is 2. The van der Waals surface area contributed by atoms with Gasteiger partial charge in [-0.25, -0.2) is 9.79 Å². The normalized spacial score (nSPS) is 19.1. The molecular weight excluding hydrogens is 472 g/mol. The molecule has 192 valence electrons. The van der Waals surface area contributed by atoms with Crippen molar-refractivity contribution >= 4 is 17.7 Å². The molecule has 1 atom stereocenters. The van der Waals surface area contributed by atoms with Crippen molar-refractivity contribution in [2.75, 3.05) is 45.1 Å². The highest BCUT2D eigenvalue weighted by Crippen LogP contribution is 2.23. The summed E-state index contributed by atoms with van der Waals surface area (Å²) in [5.74, 6) is 0.216. The summed E-state index contributed by atoms with van der Waals surface area (Å²) in [5, 5.41) is 18.7. The van der Waals surface area contributed by atoms with Gasteiger partial charge in [-0.15, -0.1) is 0 Å². The highest BCUT2D eigenvalue weighted by Gasteiger charge is 2.23. The number of aromatic hydroxyl groups is 1. The molecule has 0 amide bonds. The molecule has 37 heavy (non-hydrogen) atoms. The van der Waals surface area contributed by atoms with E-state index in [1.807, 2.05) is 18.2 Å². The summed E-state index contributed by atoms with van der Waals surface area (Å²) in [6, 6.07) is 10.5. The van der Waals surface area contributed by atoms with Crippen molar-refractivity contribution in [3.8, 4) is 5.88 Å². The summed E-state index contributed by atoms with van der Waals surface area (Å²) >= 11 is 0. The Morgan fingerprint density at radius 2 is 1.95 bits per heavy atom. The Kier molecular flexibility index (Phi) is 6.18. The van der Waals surface area contributed by atoms with Gasteiger partial charge in [0.2, 0.25) is 11.8 Å². The first-order valence-electron chi connectivity index (χ1n) is 12.6. The number of rotatable bonds is 7. The van der Waals surface area contributed by atoms with Gasteiger partial charge in [0.25, 0.3) is 5.62 Å². The average molecular weight is 503 g/mol. The van der Waals surface area contributed by atoms with Gasteiger partial charge in [0.05, 0.1) is 18.3 Å². The zero-order valence-corrected chi connectivity index (χ0v) is 20.6. The van der Waals surface area contributed by atoms with Crippen molar-refractivity contribution in [2.45, 2.75) is 24.9 Å². The lowest BCUT2D eigenvalue weighted by Gasteiger charge is -2.35. The maximum atomic E-state index is 11.6. The Hall–Kier alpha value is -4.03. The number of fused-ring (bicyclic) bond motifs is 1. The number of hydrogen-bond donors (Lipinski definition) is 4. The maximum Gasteiger partial charge on any atom is 0.326 e. The predicted molar refractivity (Wildman–Crippen MR) is 138 cm³/mol. The maximum absolute atomic E-state index is 11.6. The van der Waals surface area contributed by atoms with E-state index in [1.165, 1.54) is 0 Å². The Labute approximate surface area is 212 Å². The van der Waals surface area contributed by atoms with Gasteiger partial charge in [-0.2, -0.15) is 19.6 Å². The van der Waals surface area contributed by atoms with E-state index in [0.29, 0.717) is 22.4 Å². The molecule has 1 unspecified atom stereocenters. The van der Waals surface area contributed by atoms with Crippen LogP contribution in [0.2, 0.25) is 0 Å². The van der Waals surface area contributed by atoms with E-state index in [9.17, 15) is 9.90 Å². The molecule has 12 heteroatoms. The van der Waals surface area contributed by atoms with Crippen LogP contribution in [0.4, 0.5) is 5.95 Å². The second kappa shape index (κ2) is 9.79. The van der Waals surface area contributed by atoms with Crippen LogP contribution in [0.1, 0.15) is 30.1 Å². The van der Waals surface area contributed by atoms with E-state index in [4.69, 9.17) is 15.0 Å². The van der Waals surface area contributed by atoms with Crippen LogP contribution in [0.3, 0.4) is 0 Å². The molecule has 1 aliphatic carbocycles. The van der Waals surface area contributed by atoms with Crippen molar-refractivity contribution < 1.29 is 5.11 Å². The van der Waals surface area contributed by atoms with Gasteiger partial charge in [0.1, 0.15) is 5.69 Å². The van der Waals surface area contributed by atoms with Crippen LogP contribution >= 0.6 is 0 Å². The SMILES string of the molecule is CN1CCN(CC(Nc2nc(=NC3CC3)n3nc/c(=C\c4[nH]c(=O)[nH]c4O)c3n2)c2ccccc2)CC1. The fourth-order valence-corrected chi connectivity index (χ4v) is 4.51. The lowest BCUT2D eigenvalue weighted by atomic mass is 10.1. The minimum Gasteiger partial charge on any atom is -0.493 e. The number of benzene rings is 1. The number of anilines is 1. The summed E-state index contributed by atoms with van der Waals surface area (Å²) in [5.41, 5.74) is 1.93. The zero-order valence-electron chi connectivity index (χ0n) is 20.6. The molecule has 0 spiro atoms. The lowest BCUT2D eigenvalue weighted by Crippen LogP contribution is -2.46. The quantitative estimate of drug-likeness (QED) is 0.274. The van der Waals surface area contributed by atoms with Gasteiger partial charge in [0.15, 0.2) is 5.65 Å². The zero-order chi connectivity index (χ0) is 25.4. The Bertz CT molecular complexity index is 1560. The standard InChI is InChI=1S/C25H30N10O2/c1-33-9-11-34(12-10-33)15-20(16-5-3-2-4-6-16)28-23-30-21-17(13-19-22(36)31-25(37)29-19)14-26-35(21)24(32-23)27-18-7-8-18/h2-6,13-14,18,20,36H,7-12,15H2,1H3,(H,27,28,32)(H2,29,31,37)/b17-13+. The molecule has 4 heterocycles. The summed E-state index contributed by atoms with van der Waals surface area (Å²) in [7, 11) is 2.15. The van der Waals surface area contributed by atoms with E-state index in [0.717, 1.165) is 51.1 Å². The molecule has 4 aromatic rings. The van der Waals surface area contributed by atoms with Gasteiger partial charge in [-0.1, -0.05) is 30.3 Å². The number of nitrogens with one attached hydrogen (secondary N) is 3. The monoisotopic (exact) mass is 502 g/mol. The molecule has 4 N–H and O–H groups in total. The van der Waals surface area contributed by atoms with Gasteiger partial charge < -0.3 is 20.3 Å². The number of imidazole rings is 1. The van der Waals surface area contributed by atoms with Crippen molar-refractivity contribution in [1.29, 1.82) is 0 Å². The molecule has 2 fully saturated rings. The molecule has 0 radical (unpaired) electrons. The third-order valence-electron chi connectivity index (χ3n) is 6.80. The van der Waals surface area contributed by atoms with Crippen molar-refractivity contribution in [2.24, 2.45) is 4.99 Å². The van der Waals surface area contributed by atoms with Crippen molar-refractivity contribution in [3.05, 3.63) is 69.1 Å². The molecule has 1 saturated carbocycles. The van der Waals surface area contributed by atoms with Crippen LogP contribution in [0.25, 0.3) is 11.7 Å². The van der Waals surface area contributed by atoms with Gasteiger partial charge in [-0.3, -0.25) is 9.88 Å². The smallest absolute Gasteiger partial charge is 0.326 e. The van der Waals surface area contributed by atoms with Crippen molar-refractivity contribution in [3.63, 3.8) is 0 Å². The molecule has 1 aliphatic heterocycles.